The van der Waals surface area contributed by atoms with E-state index in [0.29, 0.717) is 5.92 Å². The van der Waals surface area contributed by atoms with Crippen LogP contribution in [0.3, 0.4) is 0 Å². The van der Waals surface area contributed by atoms with E-state index in [0.717, 1.165) is 25.3 Å². The minimum Gasteiger partial charge on any atom is -0.336 e. The molecule has 98 valence electrons. The Kier molecular flexibility index (Phi) is 4.15. The van der Waals surface area contributed by atoms with Crippen molar-refractivity contribution in [1.82, 2.24) is 24.4 Å². The summed E-state index contributed by atoms with van der Waals surface area (Å²) >= 11 is 0. The summed E-state index contributed by atoms with van der Waals surface area (Å²) < 4.78 is 4.11. The summed E-state index contributed by atoms with van der Waals surface area (Å²) in [5.74, 6) is 0.668. The fraction of sp³-hybridized carbons (Fsp3) is 0.538. The maximum absolute atomic E-state index is 4.39. The van der Waals surface area contributed by atoms with E-state index in [1.165, 1.54) is 5.69 Å². The topological polar surface area (TPSA) is 47.7 Å². The lowest BCUT2D eigenvalue weighted by molar-refractivity contribution is 0.548. The summed E-state index contributed by atoms with van der Waals surface area (Å²) in [7, 11) is 2.00. The highest BCUT2D eigenvalue weighted by molar-refractivity contribution is 5.02. The monoisotopic (exact) mass is 247 g/mol. The van der Waals surface area contributed by atoms with Crippen LogP contribution in [0.25, 0.3) is 0 Å². The molecule has 0 fully saturated rings. The van der Waals surface area contributed by atoms with Gasteiger partial charge in [-0.05, 0) is 12.5 Å². The molecule has 2 heterocycles. The molecule has 0 radical (unpaired) electrons. The van der Waals surface area contributed by atoms with Gasteiger partial charge < -0.3 is 14.5 Å². The Labute approximate surface area is 108 Å². The average Bonchev–Trinajstić information content (AvgIpc) is 2.90. The molecule has 2 rings (SSSR count). The van der Waals surface area contributed by atoms with Crippen LogP contribution < -0.4 is 5.32 Å². The zero-order valence-corrected chi connectivity index (χ0v) is 11.3. The van der Waals surface area contributed by atoms with Crippen LogP contribution in [-0.4, -0.2) is 25.6 Å². The van der Waals surface area contributed by atoms with Crippen molar-refractivity contribution in [3.8, 4) is 0 Å². The summed E-state index contributed by atoms with van der Waals surface area (Å²) in [5.41, 5.74) is 2.26. The third kappa shape index (κ3) is 3.43. The number of aromatic nitrogens is 4. The van der Waals surface area contributed by atoms with E-state index in [1.807, 2.05) is 30.5 Å². The number of rotatable bonds is 6. The van der Waals surface area contributed by atoms with Gasteiger partial charge in [-0.2, -0.15) is 0 Å². The van der Waals surface area contributed by atoms with E-state index in [1.54, 1.807) is 0 Å². The summed E-state index contributed by atoms with van der Waals surface area (Å²) in [6.07, 6.45) is 7.66. The van der Waals surface area contributed by atoms with Gasteiger partial charge in [0.25, 0.3) is 0 Å². The normalized spacial score (nSPS) is 11.3. The highest BCUT2D eigenvalue weighted by Gasteiger charge is 2.02. The first-order chi connectivity index (χ1) is 8.65. The third-order valence-electron chi connectivity index (χ3n) is 2.81. The SMILES string of the molecule is CC(C)CNCc1cn(Cc2cncn2C)cn1. The summed E-state index contributed by atoms with van der Waals surface area (Å²) in [4.78, 5) is 8.50. The van der Waals surface area contributed by atoms with Gasteiger partial charge in [-0.25, -0.2) is 9.97 Å². The zero-order valence-electron chi connectivity index (χ0n) is 11.3. The van der Waals surface area contributed by atoms with Crippen LogP contribution in [0.15, 0.2) is 25.0 Å². The number of aryl methyl sites for hydroxylation is 1. The predicted octanol–water partition coefficient (Wildman–Crippen LogP) is 1.41. The van der Waals surface area contributed by atoms with Gasteiger partial charge in [-0.1, -0.05) is 13.8 Å². The fourth-order valence-corrected chi connectivity index (χ4v) is 1.80. The molecular weight excluding hydrogens is 226 g/mol. The summed E-state index contributed by atoms with van der Waals surface area (Å²) in [6, 6.07) is 0. The van der Waals surface area contributed by atoms with Crippen LogP contribution in [0, 0.1) is 5.92 Å². The van der Waals surface area contributed by atoms with E-state index in [-0.39, 0.29) is 0 Å². The molecule has 0 atom stereocenters. The van der Waals surface area contributed by atoms with Crippen molar-refractivity contribution < 1.29 is 0 Å². The number of hydrogen-bond donors (Lipinski definition) is 1. The minimum atomic E-state index is 0.668. The van der Waals surface area contributed by atoms with Crippen LogP contribution in [-0.2, 0) is 20.1 Å². The maximum atomic E-state index is 4.39. The second kappa shape index (κ2) is 5.82. The third-order valence-corrected chi connectivity index (χ3v) is 2.81. The first-order valence-corrected chi connectivity index (χ1v) is 6.31. The standard InChI is InChI=1S/C13H21N5/c1-11(2)4-14-5-12-7-18(10-16-12)8-13-6-15-9-17(13)3/h6-7,9-11,14H,4-5,8H2,1-3H3. The van der Waals surface area contributed by atoms with Crippen molar-refractivity contribution in [2.24, 2.45) is 13.0 Å². The Morgan fingerprint density at radius 2 is 2.17 bits per heavy atom. The Hall–Kier alpha value is -1.62. The molecule has 2 aromatic rings. The zero-order chi connectivity index (χ0) is 13.0. The predicted molar refractivity (Wildman–Crippen MR) is 71.1 cm³/mol. The van der Waals surface area contributed by atoms with Crippen LogP contribution in [0.5, 0.6) is 0 Å². The molecule has 0 saturated heterocycles. The molecule has 0 spiro atoms. The maximum Gasteiger partial charge on any atom is 0.0953 e. The number of hydrogen-bond acceptors (Lipinski definition) is 3. The average molecular weight is 247 g/mol. The molecule has 0 amide bonds. The molecule has 0 bridgehead atoms. The van der Waals surface area contributed by atoms with Gasteiger partial charge in [0.05, 0.1) is 30.6 Å². The Morgan fingerprint density at radius 1 is 1.33 bits per heavy atom. The van der Waals surface area contributed by atoms with Gasteiger partial charge in [0.15, 0.2) is 0 Å². The molecule has 5 heteroatoms. The van der Waals surface area contributed by atoms with Gasteiger partial charge in [0.2, 0.25) is 0 Å². The molecule has 0 aliphatic carbocycles. The molecule has 5 nitrogen and oxygen atoms in total. The number of imidazole rings is 2. The van der Waals surface area contributed by atoms with Crippen molar-refractivity contribution >= 4 is 0 Å². The molecule has 0 saturated carbocycles. The van der Waals surface area contributed by atoms with Gasteiger partial charge >= 0.3 is 0 Å². The van der Waals surface area contributed by atoms with Crippen molar-refractivity contribution in [1.29, 1.82) is 0 Å². The molecule has 1 N–H and O–H groups in total. The molecule has 0 aliphatic rings. The molecule has 18 heavy (non-hydrogen) atoms. The van der Waals surface area contributed by atoms with E-state index < -0.39 is 0 Å². The van der Waals surface area contributed by atoms with E-state index in [4.69, 9.17) is 0 Å². The van der Waals surface area contributed by atoms with Crippen molar-refractivity contribution in [3.63, 3.8) is 0 Å². The van der Waals surface area contributed by atoms with Crippen LogP contribution in [0.2, 0.25) is 0 Å². The van der Waals surface area contributed by atoms with Crippen molar-refractivity contribution in [2.75, 3.05) is 6.54 Å². The molecule has 0 unspecified atom stereocenters. The van der Waals surface area contributed by atoms with Crippen molar-refractivity contribution in [2.45, 2.75) is 26.9 Å². The first-order valence-electron chi connectivity index (χ1n) is 6.31. The van der Waals surface area contributed by atoms with Crippen LogP contribution in [0.1, 0.15) is 25.2 Å². The second-order valence-electron chi connectivity index (χ2n) is 5.06. The number of nitrogens with zero attached hydrogens (tertiary/aromatic N) is 4. The molecule has 0 aromatic carbocycles. The summed E-state index contributed by atoms with van der Waals surface area (Å²) in [6.45, 7) is 7.07. The lowest BCUT2D eigenvalue weighted by Crippen LogP contribution is -2.19. The quantitative estimate of drug-likeness (QED) is 0.839. The van der Waals surface area contributed by atoms with Gasteiger partial charge in [-0.3, -0.25) is 0 Å². The Balaban J connectivity index is 1.88. The smallest absolute Gasteiger partial charge is 0.0953 e. The second-order valence-corrected chi connectivity index (χ2v) is 5.06. The molecular formula is C13H21N5. The van der Waals surface area contributed by atoms with Gasteiger partial charge in [-0.15, -0.1) is 0 Å². The van der Waals surface area contributed by atoms with E-state index in [9.17, 15) is 0 Å². The first kappa shape index (κ1) is 12.8. The molecule has 2 aromatic heterocycles. The summed E-state index contributed by atoms with van der Waals surface area (Å²) in [5, 5.41) is 3.39. The van der Waals surface area contributed by atoms with Crippen molar-refractivity contribution in [3.05, 3.63) is 36.4 Å². The lowest BCUT2D eigenvalue weighted by atomic mass is 10.2. The van der Waals surface area contributed by atoms with Crippen LogP contribution in [0.4, 0.5) is 0 Å². The molecule has 0 aliphatic heterocycles. The van der Waals surface area contributed by atoms with E-state index >= 15 is 0 Å². The highest BCUT2D eigenvalue weighted by Crippen LogP contribution is 2.03. The van der Waals surface area contributed by atoms with E-state index in [2.05, 4.69) is 39.9 Å². The Bertz CT molecular complexity index is 483. The highest BCUT2D eigenvalue weighted by atomic mass is 15.1. The lowest BCUT2D eigenvalue weighted by Gasteiger charge is -2.05. The fourth-order valence-electron chi connectivity index (χ4n) is 1.80. The number of nitrogens with one attached hydrogen (secondary N) is 1. The minimum absolute atomic E-state index is 0.668. The van der Waals surface area contributed by atoms with Gasteiger partial charge in [0, 0.05) is 26.0 Å². The Morgan fingerprint density at radius 3 is 2.83 bits per heavy atom. The largest absolute Gasteiger partial charge is 0.336 e. The van der Waals surface area contributed by atoms with Crippen LogP contribution >= 0.6 is 0 Å². The van der Waals surface area contributed by atoms with Gasteiger partial charge in [0.1, 0.15) is 0 Å².